The second kappa shape index (κ2) is 3.72. The molecule has 6 heteroatoms. The summed E-state index contributed by atoms with van der Waals surface area (Å²) >= 11 is 0. The molecule has 82 valence electrons. The maximum absolute atomic E-state index is 10.6. The van der Waals surface area contributed by atoms with Gasteiger partial charge in [0.15, 0.2) is 11.4 Å². The average Bonchev–Trinajstić information content (AvgIpc) is 2.09. The molecule has 1 saturated heterocycles. The highest BCUT2D eigenvalue weighted by molar-refractivity contribution is 5.65. The molecular weight excluding hydrogens is 188 g/mol. The number of hydrogen-bond acceptors (Lipinski definition) is 5. The summed E-state index contributed by atoms with van der Waals surface area (Å²) < 4.78 is 15.6. The summed E-state index contributed by atoms with van der Waals surface area (Å²) in [5.41, 5.74) is 9.46. The summed E-state index contributed by atoms with van der Waals surface area (Å²) in [6.07, 6.45) is -0.873. The van der Waals surface area contributed by atoms with Crippen LogP contribution in [0.3, 0.4) is 0 Å². The van der Waals surface area contributed by atoms with E-state index < -0.39 is 17.5 Å². The van der Waals surface area contributed by atoms with Gasteiger partial charge >= 0.3 is 6.09 Å². The molecular formula is C8H16N2O4. The Morgan fingerprint density at radius 2 is 1.93 bits per heavy atom. The minimum absolute atomic E-state index is 0.117. The van der Waals surface area contributed by atoms with Crippen molar-refractivity contribution < 1.29 is 19.0 Å². The third-order valence-corrected chi connectivity index (χ3v) is 2.05. The molecule has 0 aromatic carbocycles. The highest BCUT2D eigenvalue weighted by atomic mass is 16.7. The normalized spacial score (nSPS) is 24.2. The molecule has 0 spiro atoms. The number of rotatable bonds is 2. The number of amides is 1. The van der Waals surface area contributed by atoms with E-state index in [0.29, 0.717) is 0 Å². The van der Waals surface area contributed by atoms with Crippen molar-refractivity contribution in [1.29, 1.82) is 0 Å². The number of nitrogens with two attached hydrogens (primary N) is 2. The zero-order valence-corrected chi connectivity index (χ0v) is 8.41. The number of carbonyl (C=O) groups excluding carboxylic acids is 1. The van der Waals surface area contributed by atoms with E-state index in [-0.39, 0.29) is 19.8 Å². The lowest BCUT2D eigenvalue weighted by atomic mass is 10.1. The van der Waals surface area contributed by atoms with Crippen LogP contribution < -0.4 is 11.5 Å². The predicted octanol–water partition coefficient (Wildman–Crippen LogP) is -0.438. The highest BCUT2D eigenvalue weighted by Crippen LogP contribution is 2.25. The van der Waals surface area contributed by atoms with Crippen LogP contribution in [0.2, 0.25) is 0 Å². The van der Waals surface area contributed by atoms with Crippen molar-refractivity contribution in [2.24, 2.45) is 11.5 Å². The molecule has 14 heavy (non-hydrogen) atoms. The van der Waals surface area contributed by atoms with Crippen LogP contribution in [0.1, 0.15) is 13.8 Å². The lowest BCUT2D eigenvalue weighted by Crippen LogP contribution is -2.58. The number of hydrogen-bond donors (Lipinski definition) is 2. The van der Waals surface area contributed by atoms with Gasteiger partial charge in [-0.25, -0.2) is 4.79 Å². The van der Waals surface area contributed by atoms with E-state index in [1.807, 2.05) is 0 Å². The Labute approximate surface area is 82.5 Å². The predicted molar refractivity (Wildman–Crippen MR) is 48.4 cm³/mol. The summed E-state index contributed by atoms with van der Waals surface area (Å²) in [4.78, 5) is 10.6. The maximum atomic E-state index is 10.6. The number of carbonyl (C=O) groups is 1. The maximum Gasteiger partial charge on any atom is 0.405 e. The standard InChI is InChI=1S/C8H16N2O4/c1-7(2)12-4-8(3-9,5-13-7)14-6(10)11/h3-5,9H2,1-2H3,(H2,10,11). The van der Waals surface area contributed by atoms with Crippen LogP contribution in [0, 0.1) is 0 Å². The molecule has 6 nitrogen and oxygen atoms in total. The van der Waals surface area contributed by atoms with Gasteiger partial charge in [-0.15, -0.1) is 0 Å². The smallest absolute Gasteiger partial charge is 0.405 e. The Hall–Kier alpha value is -0.850. The van der Waals surface area contributed by atoms with Crippen LogP contribution in [0.25, 0.3) is 0 Å². The summed E-state index contributed by atoms with van der Waals surface area (Å²) in [5.74, 6) is -0.667. The molecule has 0 saturated carbocycles. The van der Waals surface area contributed by atoms with Crippen molar-refractivity contribution in [1.82, 2.24) is 0 Å². The van der Waals surface area contributed by atoms with Crippen LogP contribution in [0.4, 0.5) is 4.79 Å². The van der Waals surface area contributed by atoms with Gasteiger partial charge in [-0.1, -0.05) is 0 Å². The summed E-state index contributed by atoms with van der Waals surface area (Å²) in [6, 6.07) is 0. The number of primary amides is 1. The zero-order valence-electron chi connectivity index (χ0n) is 8.41. The van der Waals surface area contributed by atoms with Crippen molar-refractivity contribution in [3.8, 4) is 0 Å². The first kappa shape index (κ1) is 11.2. The monoisotopic (exact) mass is 204 g/mol. The van der Waals surface area contributed by atoms with E-state index in [1.165, 1.54) is 0 Å². The summed E-state index contributed by atoms with van der Waals surface area (Å²) in [5, 5.41) is 0. The van der Waals surface area contributed by atoms with E-state index in [9.17, 15) is 4.79 Å². The van der Waals surface area contributed by atoms with Crippen molar-refractivity contribution >= 4 is 6.09 Å². The fourth-order valence-electron chi connectivity index (χ4n) is 1.13. The van der Waals surface area contributed by atoms with E-state index >= 15 is 0 Å². The van der Waals surface area contributed by atoms with E-state index in [0.717, 1.165) is 0 Å². The number of ether oxygens (including phenoxy) is 3. The SMILES string of the molecule is CC1(C)OCC(CN)(OC(N)=O)CO1. The van der Waals surface area contributed by atoms with Crippen LogP contribution in [-0.2, 0) is 14.2 Å². The second-order valence-corrected chi connectivity index (χ2v) is 3.79. The molecule has 0 bridgehead atoms. The molecule has 4 N–H and O–H groups in total. The Bertz CT molecular complexity index is 219. The molecule has 0 aliphatic carbocycles. The minimum atomic E-state index is -0.943. The van der Waals surface area contributed by atoms with E-state index in [4.69, 9.17) is 25.7 Å². The van der Waals surface area contributed by atoms with Gasteiger partial charge in [-0.05, 0) is 13.8 Å². The molecule has 1 amide bonds. The molecule has 0 aromatic heterocycles. The van der Waals surface area contributed by atoms with Crippen LogP contribution in [0.15, 0.2) is 0 Å². The lowest BCUT2D eigenvalue weighted by molar-refractivity contribution is -0.297. The highest BCUT2D eigenvalue weighted by Gasteiger charge is 2.42. The molecule has 1 aliphatic heterocycles. The Kier molecular flexibility index (Phi) is 2.98. The minimum Gasteiger partial charge on any atom is -0.437 e. The third-order valence-electron chi connectivity index (χ3n) is 2.05. The van der Waals surface area contributed by atoms with Crippen molar-refractivity contribution in [3.05, 3.63) is 0 Å². The quantitative estimate of drug-likeness (QED) is 0.635. The molecule has 1 aliphatic rings. The zero-order chi connectivity index (χ0) is 10.8. The van der Waals surface area contributed by atoms with Gasteiger partial charge in [-0.2, -0.15) is 0 Å². The summed E-state index contributed by atoms with van der Waals surface area (Å²) in [6.45, 7) is 4.06. The van der Waals surface area contributed by atoms with Gasteiger partial charge in [0.05, 0.1) is 13.2 Å². The molecule has 1 heterocycles. The van der Waals surface area contributed by atoms with Gasteiger partial charge in [0.1, 0.15) is 0 Å². The first-order valence-corrected chi connectivity index (χ1v) is 4.36. The molecule has 1 rings (SSSR count). The molecule has 1 fully saturated rings. The van der Waals surface area contributed by atoms with Gasteiger partial charge in [0.25, 0.3) is 0 Å². The average molecular weight is 204 g/mol. The van der Waals surface area contributed by atoms with Crippen LogP contribution in [0.5, 0.6) is 0 Å². The fourth-order valence-corrected chi connectivity index (χ4v) is 1.13. The van der Waals surface area contributed by atoms with Crippen molar-refractivity contribution in [2.45, 2.75) is 25.2 Å². The van der Waals surface area contributed by atoms with Crippen molar-refractivity contribution in [3.63, 3.8) is 0 Å². The van der Waals surface area contributed by atoms with Gasteiger partial charge in [0.2, 0.25) is 0 Å². The van der Waals surface area contributed by atoms with Gasteiger partial charge < -0.3 is 25.7 Å². The Morgan fingerprint density at radius 3 is 2.29 bits per heavy atom. The van der Waals surface area contributed by atoms with Gasteiger partial charge in [-0.3, -0.25) is 0 Å². The van der Waals surface area contributed by atoms with Crippen LogP contribution in [-0.4, -0.2) is 37.2 Å². The molecule has 0 unspecified atom stereocenters. The second-order valence-electron chi connectivity index (χ2n) is 3.79. The molecule has 0 aromatic rings. The third kappa shape index (κ3) is 2.57. The van der Waals surface area contributed by atoms with Gasteiger partial charge in [0, 0.05) is 6.54 Å². The summed E-state index contributed by atoms with van der Waals surface area (Å²) in [7, 11) is 0. The Balaban J connectivity index is 2.61. The Morgan fingerprint density at radius 1 is 1.43 bits per heavy atom. The lowest BCUT2D eigenvalue weighted by Gasteiger charge is -2.41. The topological polar surface area (TPSA) is 96.8 Å². The van der Waals surface area contributed by atoms with E-state index in [1.54, 1.807) is 13.8 Å². The molecule has 0 radical (unpaired) electrons. The first-order chi connectivity index (χ1) is 6.39. The van der Waals surface area contributed by atoms with Crippen molar-refractivity contribution in [2.75, 3.05) is 19.8 Å². The van der Waals surface area contributed by atoms with Crippen LogP contribution >= 0.6 is 0 Å². The largest absolute Gasteiger partial charge is 0.437 e. The fraction of sp³-hybridized carbons (Fsp3) is 0.875. The van der Waals surface area contributed by atoms with E-state index in [2.05, 4.69) is 0 Å². The first-order valence-electron chi connectivity index (χ1n) is 4.36. The molecule has 0 atom stereocenters.